The first-order chi connectivity index (χ1) is 11.3. The Hall–Kier alpha value is -2.50. The molecule has 0 unspecified atom stereocenters. The molecule has 1 aliphatic heterocycles. The van der Waals surface area contributed by atoms with Crippen LogP contribution in [0.1, 0.15) is 37.8 Å². The first-order valence-electron chi connectivity index (χ1n) is 7.63. The Kier molecular flexibility index (Phi) is 5.49. The summed E-state index contributed by atoms with van der Waals surface area (Å²) in [7, 11) is 0. The average Bonchev–Trinajstić information content (AvgIpc) is 2.90. The summed E-state index contributed by atoms with van der Waals surface area (Å²) in [6, 6.07) is 2.27. The van der Waals surface area contributed by atoms with E-state index in [0.29, 0.717) is 18.4 Å². The molecule has 1 N–H and O–H groups in total. The molecule has 128 valence electrons. The molecular weight excluding hydrogens is 316 g/mol. The maximum atomic E-state index is 13.5. The second kappa shape index (κ2) is 7.38. The first kappa shape index (κ1) is 17.8. The van der Waals surface area contributed by atoms with Crippen molar-refractivity contribution in [1.82, 2.24) is 4.90 Å². The maximum absolute atomic E-state index is 13.5. The third kappa shape index (κ3) is 3.88. The molecule has 0 aromatic heterocycles. The average molecular weight is 335 g/mol. The van der Waals surface area contributed by atoms with E-state index >= 15 is 0 Å². The summed E-state index contributed by atoms with van der Waals surface area (Å²) in [6.45, 7) is 4.99. The van der Waals surface area contributed by atoms with Gasteiger partial charge in [0.15, 0.2) is 0 Å². The van der Waals surface area contributed by atoms with Gasteiger partial charge in [0, 0.05) is 18.1 Å². The molecule has 1 amide bonds. The molecule has 2 atom stereocenters. The van der Waals surface area contributed by atoms with E-state index in [-0.39, 0.29) is 17.9 Å². The molecule has 1 fully saturated rings. The van der Waals surface area contributed by atoms with Crippen molar-refractivity contribution in [3.63, 3.8) is 0 Å². The highest BCUT2D eigenvalue weighted by molar-refractivity contribution is 5.86. The molecule has 1 heterocycles. The molecule has 1 aliphatic rings. The summed E-state index contributed by atoms with van der Waals surface area (Å²) in [5.74, 6) is -2.73. The Morgan fingerprint density at radius 3 is 2.46 bits per heavy atom. The summed E-state index contributed by atoms with van der Waals surface area (Å²) < 4.78 is 27.0. The smallest absolute Gasteiger partial charge is 0.331 e. The van der Waals surface area contributed by atoms with E-state index in [0.717, 1.165) is 6.07 Å². The van der Waals surface area contributed by atoms with Gasteiger partial charge in [-0.05, 0) is 37.5 Å². The molecule has 4 nitrogen and oxygen atoms in total. The van der Waals surface area contributed by atoms with Crippen molar-refractivity contribution in [3.05, 3.63) is 59.7 Å². The molecule has 1 saturated heterocycles. The van der Waals surface area contributed by atoms with Crippen LogP contribution < -0.4 is 0 Å². The molecule has 0 bridgehead atoms. The van der Waals surface area contributed by atoms with Crippen molar-refractivity contribution in [2.45, 2.75) is 38.3 Å². The Balaban J connectivity index is 2.40. The van der Waals surface area contributed by atoms with Gasteiger partial charge in [-0.15, -0.1) is 6.58 Å². The topological polar surface area (TPSA) is 57.6 Å². The van der Waals surface area contributed by atoms with Gasteiger partial charge in [0.1, 0.15) is 11.6 Å². The van der Waals surface area contributed by atoms with Gasteiger partial charge >= 0.3 is 5.97 Å². The lowest BCUT2D eigenvalue weighted by Crippen LogP contribution is -2.36. The van der Waals surface area contributed by atoms with E-state index in [4.69, 9.17) is 5.11 Å². The third-order valence-electron chi connectivity index (χ3n) is 4.09. The fourth-order valence-electron chi connectivity index (χ4n) is 3.04. The van der Waals surface area contributed by atoms with Crippen LogP contribution in [-0.4, -0.2) is 27.9 Å². The van der Waals surface area contributed by atoms with Gasteiger partial charge in [-0.2, -0.15) is 0 Å². The van der Waals surface area contributed by atoms with Crippen LogP contribution in [0.3, 0.4) is 0 Å². The first-order valence-corrected chi connectivity index (χ1v) is 7.63. The third-order valence-corrected chi connectivity index (χ3v) is 4.09. The minimum atomic E-state index is -1.06. The van der Waals surface area contributed by atoms with Crippen LogP contribution in [0.15, 0.2) is 42.5 Å². The lowest BCUT2D eigenvalue weighted by Gasteiger charge is -2.29. The molecule has 0 aliphatic carbocycles. The van der Waals surface area contributed by atoms with Crippen molar-refractivity contribution in [2.24, 2.45) is 0 Å². The number of halogens is 2. The van der Waals surface area contributed by atoms with Crippen LogP contribution in [0.25, 0.3) is 0 Å². The highest BCUT2D eigenvalue weighted by atomic mass is 19.1. The van der Waals surface area contributed by atoms with Gasteiger partial charge in [-0.1, -0.05) is 12.2 Å². The molecule has 6 heteroatoms. The molecular formula is C18H19F2NO3. The van der Waals surface area contributed by atoms with Gasteiger partial charge in [0.25, 0.3) is 0 Å². The minimum Gasteiger partial charge on any atom is -0.478 e. The van der Waals surface area contributed by atoms with Crippen molar-refractivity contribution in [3.8, 4) is 0 Å². The summed E-state index contributed by atoms with van der Waals surface area (Å²) in [5, 5.41) is 9.04. The van der Waals surface area contributed by atoms with Crippen molar-refractivity contribution in [2.75, 3.05) is 0 Å². The largest absolute Gasteiger partial charge is 0.478 e. The molecule has 1 aromatic rings. The monoisotopic (exact) mass is 335 g/mol. The van der Waals surface area contributed by atoms with Gasteiger partial charge < -0.3 is 10.0 Å². The normalized spacial score (nSPS) is 21.0. The second-order valence-corrected chi connectivity index (χ2v) is 5.81. The molecule has 0 radical (unpaired) electrons. The second-order valence-electron chi connectivity index (χ2n) is 5.81. The van der Waals surface area contributed by atoms with Crippen LogP contribution >= 0.6 is 0 Å². The lowest BCUT2D eigenvalue weighted by atomic mass is 10.0. The zero-order valence-corrected chi connectivity index (χ0v) is 13.3. The zero-order chi connectivity index (χ0) is 17.9. The Bertz CT molecular complexity index is 679. The molecule has 0 saturated carbocycles. The summed E-state index contributed by atoms with van der Waals surface area (Å²) in [6.07, 6.45) is 4.06. The molecule has 0 spiro atoms. The quantitative estimate of drug-likeness (QED) is 0.661. The SMILES string of the molecule is C=CCC(=O)N1[C@@H](C=C(C)C(=O)O)CC[C@H]1c1cc(F)cc(F)c1. The number of nitrogens with zero attached hydrogens (tertiary/aromatic N) is 1. The highest BCUT2D eigenvalue weighted by Gasteiger charge is 2.36. The summed E-state index contributed by atoms with van der Waals surface area (Å²) >= 11 is 0. The van der Waals surface area contributed by atoms with E-state index in [1.54, 1.807) is 0 Å². The van der Waals surface area contributed by atoms with Crippen LogP contribution in [0, 0.1) is 11.6 Å². The number of aliphatic carboxylic acids is 1. The van der Waals surface area contributed by atoms with Gasteiger partial charge in [-0.25, -0.2) is 13.6 Å². The van der Waals surface area contributed by atoms with Crippen molar-refractivity contribution >= 4 is 11.9 Å². The van der Waals surface area contributed by atoms with E-state index < -0.39 is 29.7 Å². The molecule has 24 heavy (non-hydrogen) atoms. The van der Waals surface area contributed by atoms with Gasteiger partial charge in [-0.3, -0.25) is 4.79 Å². The predicted octanol–water partition coefficient (Wildman–Crippen LogP) is 3.60. The fraction of sp³-hybridized carbons (Fsp3) is 0.333. The number of likely N-dealkylation sites (tertiary alicyclic amines) is 1. The summed E-state index contributed by atoms with van der Waals surface area (Å²) in [4.78, 5) is 25.0. The van der Waals surface area contributed by atoms with E-state index in [9.17, 15) is 18.4 Å². The number of hydrogen-bond donors (Lipinski definition) is 1. The number of amides is 1. The highest BCUT2D eigenvalue weighted by Crippen LogP contribution is 2.38. The zero-order valence-electron chi connectivity index (χ0n) is 13.3. The number of rotatable bonds is 5. The Labute approximate surface area is 139 Å². The number of carboxylic acid groups (broad SMARTS) is 1. The number of carbonyl (C=O) groups excluding carboxylic acids is 1. The predicted molar refractivity (Wildman–Crippen MR) is 85.2 cm³/mol. The number of benzene rings is 1. The standard InChI is InChI=1S/C18H19F2NO3/c1-3-4-17(22)21-15(7-11(2)18(23)24)5-6-16(21)12-8-13(19)10-14(20)9-12/h3,7-10,15-16H,1,4-6H2,2H3,(H,23,24)/t15-,16+/m1/s1. The van der Waals surface area contributed by atoms with Gasteiger partial charge in [0.2, 0.25) is 5.91 Å². The van der Waals surface area contributed by atoms with Crippen LogP contribution in [-0.2, 0) is 9.59 Å². The van der Waals surface area contributed by atoms with E-state index in [2.05, 4.69) is 6.58 Å². The number of hydrogen-bond acceptors (Lipinski definition) is 2. The summed E-state index contributed by atoms with van der Waals surface area (Å²) in [5.41, 5.74) is 0.497. The maximum Gasteiger partial charge on any atom is 0.331 e. The van der Waals surface area contributed by atoms with E-state index in [1.807, 2.05) is 0 Å². The van der Waals surface area contributed by atoms with Crippen LogP contribution in [0.2, 0.25) is 0 Å². The number of carbonyl (C=O) groups is 2. The van der Waals surface area contributed by atoms with Crippen LogP contribution in [0.4, 0.5) is 8.78 Å². The number of carboxylic acids is 1. The van der Waals surface area contributed by atoms with Crippen molar-refractivity contribution in [1.29, 1.82) is 0 Å². The molecule has 1 aromatic carbocycles. The van der Waals surface area contributed by atoms with Crippen LogP contribution in [0.5, 0.6) is 0 Å². The minimum absolute atomic E-state index is 0.0742. The van der Waals surface area contributed by atoms with Gasteiger partial charge in [0.05, 0.1) is 12.1 Å². The Morgan fingerprint density at radius 1 is 1.29 bits per heavy atom. The fourth-order valence-corrected chi connectivity index (χ4v) is 3.04. The van der Waals surface area contributed by atoms with Crippen molar-refractivity contribution < 1.29 is 23.5 Å². The van der Waals surface area contributed by atoms with E-state index in [1.165, 1.54) is 36.1 Å². The Morgan fingerprint density at radius 2 is 1.92 bits per heavy atom. The molecule has 2 rings (SSSR count). The lowest BCUT2D eigenvalue weighted by molar-refractivity contribution is -0.134.